The molecule has 0 radical (unpaired) electrons. The maximum Gasteiger partial charge on any atom is 0.252 e. The van der Waals surface area contributed by atoms with E-state index >= 15 is 0 Å². The van der Waals surface area contributed by atoms with Crippen LogP contribution in [-0.4, -0.2) is 56.1 Å². The van der Waals surface area contributed by atoms with Crippen LogP contribution in [0.1, 0.15) is 34.6 Å². The zero-order valence-electron chi connectivity index (χ0n) is 17.6. The number of benzene rings is 2. The lowest BCUT2D eigenvalue weighted by molar-refractivity contribution is -0.277. The summed E-state index contributed by atoms with van der Waals surface area (Å²) in [6.07, 6.45) is -0.992. The lowest BCUT2D eigenvalue weighted by atomic mass is 10.1. The maximum atomic E-state index is 12.6. The molecule has 2 atom stereocenters. The third-order valence-electron chi connectivity index (χ3n) is 4.80. The third kappa shape index (κ3) is 6.87. The first-order valence-corrected chi connectivity index (χ1v) is 10.9. The van der Waals surface area contributed by atoms with Gasteiger partial charge in [0.15, 0.2) is 5.79 Å². The minimum atomic E-state index is -0.851. The summed E-state index contributed by atoms with van der Waals surface area (Å²) in [4.78, 5) is 25.1. The molecule has 0 spiro atoms. The fourth-order valence-electron chi connectivity index (χ4n) is 3.25. The topological polar surface area (TPSA) is 85.9 Å². The normalized spacial score (nSPS) is 20.9. The summed E-state index contributed by atoms with van der Waals surface area (Å²) in [5.41, 5.74) is 1.09. The van der Waals surface area contributed by atoms with E-state index in [-0.39, 0.29) is 24.9 Å². The molecule has 1 aliphatic rings. The Morgan fingerprint density at radius 2 is 1.58 bits per heavy atom. The Kier molecular flexibility index (Phi) is 8.20. The van der Waals surface area contributed by atoms with Gasteiger partial charge in [0.2, 0.25) is 0 Å². The average Bonchev–Trinajstić information content (AvgIpc) is 2.75. The maximum absolute atomic E-state index is 12.6. The zero-order valence-corrected chi connectivity index (χ0v) is 19.2. The van der Waals surface area contributed by atoms with E-state index < -0.39 is 18.0 Å². The minimum Gasteiger partial charge on any atom is -0.371 e. The van der Waals surface area contributed by atoms with Crippen molar-refractivity contribution in [2.45, 2.75) is 31.8 Å². The second-order valence-corrected chi connectivity index (χ2v) is 8.43. The van der Waals surface area contributed by atoms with E-state index in [0.717, 1.165) is 0 Å². The van der Waals surface area contributed by atoms with Crippen molar-refractivity contribution in [1.29, 1.82) is 0 Å². The number of halogens is 1. The number of hydrogen-bond donors (Lipinski definition) is 2. The van der Waals surface area contributed by atoms with E-state index in [1.54, 1.807) is 36.4 Å². The summed E-state index contributed by atoms with van der Waals surface area (Å²) in [7, 11) is 0. The molecule has 1 aliphatic heterocycles. The van der Waals surface area contributed by atoms with Crippen LogP contribution in [0.25, 0.3) is 0 Å². The molecule has 2 amide bonds. The van der Waals surface area contributed by atoms with Crippen LogP contribution in [0, 0.1) is 0 Å². The predicted octanol–water partition coefficient (Wildman–Crippen LogP) is 3.15. The van der Waals surface area contributed by atoms with Crippen molar-refractivity contribution in [2.75, 3.05) is 26.3 Å². The monoisotopic (exact) mass is 490 g/mol. The molecule has 1 fully saturated rings. The number of carbonyl (C=O) groups excluding carboxylic acids is 2. The highest BCUT2D eigenvalue weighted by Gasteiger charge is 2.33. The van der Waals surface area contributed by atoms with Crippen molar-refractivity contribution in [3.63, 3.8) is 0 Å². The lowest BCUT2D eigenvalue weighted by Crippen LogP contribution is -2.52. The molecule has 31 heavy (non-hydrogen) atoms. The molecule has 1 heterocycles. The Bertz CT molecular complexity index is 891. The van der Waals surface area contributed by atoms with Gasteiger partial charge < -0.3 is 24.8 Å². The number of nitrogens with one attached hydrogen (secondary N) is 2. The third-order valence-corrected chi connectivity index (χ3v) is 5.49. The largest absolute Gasteiger partial charge is 0.371 e. The molecule has 2 aromatic rings. The molecule has 2 aromatic carbocycles. The van der Waals surface area contributed by atoms with Gasteiger partial charge >= 0.3 is 0 Å². The van der Waals surface area contributed by atoms with Crippen LogP contribution in [0.3, 0.4) is 0 Å². The SMILES string of the molecule is CC1(C)OCCO[C@H](CNC(=O)c2ccccc2Br)[C@H](CNC(=O)c2ccccc2)O1. The Morgan fingerprint density at radius 1 is 0.935 bits per heavy atom. The summed E-state index contributed by atoms with van der Waals surface area (Å²) in [5, 5.41) is 5.80. The number of hydrogen-bond acceptors (Lipinski definition) is 5. The summed E-state index contributed by atoms with van der Waals surface area (Å²) >= 11 is 3.39. The highest BCUT2D eigenvalue weighted by atomic mass is 79.9. The molecular formula is C23H27BrN2O5. The van der Waals surface area contributed by atoms with Gasteiger partial charge in [-0.15, -0.1) is 0 Å². The van der Waals surface area contributed by atoms with Crippen molar-refractivity contribution in [2.24, 2.45) is 0 Å². The summed E-state index contributed by atoms with van der Waals surface area (Å²) in [5.74, 6) is -1.28. The van der Waals surface area contributed by atoms with Crippen LogP contribution in [0.4, 0.5) is 0 Å². The van der Waals surface area contributed by atoms with Crippen LogP contribution < -0.4 is 10.6 Å². The molecular weight excluding hydrogens is 464 g/mol. The van der Waals surface area contributed by atoms with Gasteiger partial charge in [0.25, 0.3) is 11.8 Å². The van der Waals surface area contributed by atoms with Crippen LogP contribution in [0.2, 0.25) is 0 Å². The van der Waals surface area contributed by atoms with Crippen LogP contribution in [0.5, 0.6) is 0 Å². The lowest BCUT2D eigenvalue weighted by Gasteiger charge is -2.37. The molecule has 166 valence electrons. The highest BCUT2D eigenvalue weighted by molar-refractivity contribution is 9.10. The van der Waals surface area contributed by atoms with Gasteiger partial charge in [0, 0.05) is 23.1 Å². The molecule has 0 aromatic heterocycles. The zero-order chi connectivity index (χ0) is 22.3. The van der Waals surface area contributed by atoms with E-state index in [2.05, 4.69) is 26.6 Å². The van der Waals surface area contributed by atoms with E-state index in [4.69, 9.17) is 14.2 Å². The van der Waals surface area contributed by atoms with Crippen molar-refractivity contribution in [3.05, 3.63) is 70.2 Å². The smallest absolute Gasteiger partial charge is 0.252 e. The molecule has 3 rings (SSSR count). The van der Waals surface area contributed by atoms with Gasteiger partial charge in [-0.3, -0.25) is 9.59 Å². The van der Waals surface area contributed by atoms with Crippen molar-refractivity contribution in [1.82, 2.24) is 10.6 Å². The number of rotatable bonds is 6. The van der Waals surface area contributed by atoms with Crippen molar-refractivity contribution in [3.8, 4) is 0 Å². The number of ether oxygens (including phenoxy) is 3. The second kappa shape index (κ2) is 10.9. The molecule has 0 saturated carbocycles. The first-order chi connectivity index (χ1) is 14.9. The minimum absolute atomic E-state index is 0.204. The van der Waals surface area contributed by atoms with Crippen molar-refractivity contribution >= 4 is 27.7 Å². The molecule has 0 unspecified atom stereocenters. The molecule has 1 saturated heterocycles. The highest BCUT2D eigenvalue weighted by Crippen LogP contribution is 2.20. The van der Waals surface area contributed by atoms with Crippen LogP contribution in [0.15, 0.2) is 59.1 Å². The van der Waals surface area contributed by atoms with Gasteiger partial charge in [-0.05, 0) is 54.0 Å². The summed E-state index contributed by atoms with van der Waals surface area (Å²) < 4.78 is 18.4. The molecule has 0 aliphatic carbocycles. The Balaban J connectivity index is 1.67. The number of amides is 2. The second-order valence-electron chi connectivity index (χ2n) is 7.58. The standard InChI is InChI=1S/C23H27BrN2O5/c1-23(2)30-13-12-29-19(14-26-22(28)17-10-6-7-11-18(17)24)20(31-23)15-25-21(27)16-8-4-3-5-9-16/h3-11,19-20H,12-15H2,1-2H3,(H,25,27)(H,26,28)/t19-,20+/m1/s1. The fraction of sp³-hybridized carbons (Fsp3) is 0.391. The first-order valence-electron chi connectivity index (χ1n) is 10.1. The van der Waals surface area contributed by atoms with E-state index in [1.807, 2.05) is 32.0 Å². The van der Waals surface area contributed by atoms with Crippen LogP contribution in [-0.2, 0) is 14.2 Å². The Morgan fingerprint density at radius 3 is 2.32 bits per heavy atom. The first kappa shape index (κ1) is 23.4. The quantitative estimate of drug-likeness (QED) is 0.649. The molecule has 7 nitrogen and oxygen atoms in total. The molecule has 8 heteroatoms. The summed E-state index contributed by atoms with van der Waals surface area (Å²) in [6, 6.07) is 16.2. The van der Waals surface area contributed by atoms with Gasteiger partial charge in [-0.1, -0.05) is 30.3 Å². The van der Waals surface area contributed by atoms with Crippen molar-refractivity contribution < 1.29 is 23.8 Å². The van der Waals surface area contributed by atoms with E-state index in [1.165, 1.54) is 0 Å². The predicted molar refractivity (Wildman–Crippen MR) is 120 cm³/mol. The van der Waals surface area contributed by atoms with E-state index in [9.17, 15) is 9.59 Å². The molecule has 0 bridgehead atoms. The number of carbonyl (C=O) groups is 2. The van der Waals surface area contributed by atoms with Gasteiger partial charge in [-0.2, -0.15) is 0 Å². The average molecular weight is 491 g/mol. The summed E-state index contributed by atoms with van der Waals surface area (Å²) in [6.45, 7) is 4.79. The Labute approximate surface area is 190 Å². The van der Waals surface area contributed by atoms with Gasteiger partial charge in [0.1, 0.15) is 12.2 Å². The van der Waals surface area contributed by atoms with Crippen LogP contribution >= 0.6 is 15.9 Å². The Hall–Kier alpha value is -2.26. The van der Waals surface area contributed by atoms with E-state index in [0.29, 0.717) is 28.8 Å². The van der Waals surface area contributed by atoms with Gasteiger partial charge in [-0.25, -0.2) is 0 Å². The molecule has 2 N–H and O–H groups in total. The fourth-order valence-corrected chi connectivity index (χ4v) is 3.72. The van der Waals surface area contributed by atoms with Gasteiger partial charge in [0.05, 0.1) is 18.8 Å².